The molecule has 0 fully saturated rings. The summed E-state index contributed by atoms with van der Waals surface area (Å²) in [4.78, 5) is 3.85. The molecular weight excluding hydrogens is 271 g/mol. The maximum absolute atomic E-state index is 9.11. The van der Waals surface area contributed by atoms with Crippen LogP contribution in [0.3, 0.4) is 0 Å². The molecule has 90 valence electrons. The van der Waals surface area contributed by atoms with Crippen LogP contribution in [0.25, 0.3) is 11.1 Å². The number of ether oxygens (including phenoxy) is 1. The number of benzene rings is 1. The van der Waals surface area contributed by atoms with E-state index in [0.717, 1.165) is 11.3 Å². The van der Waals surface area contributed by atoms with E-state index in [1.54, 1.807) is 25.3 Å². The Morgan fingerprint density at radius 1 is 1.22 bits per heavy atom. The molecule has 0 aliphatic heterocycles. The zero-order chi connectivity index (χ0) is 13.1. The van der Waals surface area contributed by atoms with E-state index in [9.17, 15) is 0 Å². The van der Waals surface area contributed by atoms with E-state index in [2.05, 4.69) is 4.98 Å². The second-order valence-electron chi connectivity index (χ2n) is 3.50. The van der Waals surface area contributed by atoms with Crippen LogP contribution in [0.1, 0.15) is 5.56 Å². The molecule has 0 saturated carbocycles. The van der Waals surface area contributed by atoms with Crippen molar-refractivity contribution < 1.29 is 4.74 Å². The summed E-state index contributed by atoms with van der Waals surface area (Å²) >= 11 is 11.8. The minimum Gasteiger partial charge on any atom is -0.497 e. The second kappa shape index (κ2) is 5.26. The van der Waals surface area contributed by atoms with Gasteiger partial charge >= 0.3 is 0 Å². The van der Waals surface area contributed by atoms with Crippen LogP contribution in [0.4, 0.5) is 0 Å². The van der Waals surface area contributed by atoms with Gasteiger partial charge in [-0.05, 0) is 23.8 Å². The summed E-state index contributed by atoms with van der Waals surface area (Å²) in [5.41, 5.74) is 1.80. The van der Waals surface area contributed by atoms with Gasteiger partial charge in [-0.25, -0.2) is 4.98 Å². The lowest BCUT2D eigenvalue weighted by atomic mass is 10.0. The molecule has 2 rings (SSSR count). The third-order valence-corrected chi connectivity index (χ3v) is 2.92. The number of nitriles is 1. The van der Waals surface area contributed by atoms with Crippen molar-refractivity contribution in [3.8, 4) is 22.9 Å². The molecule has 0 radical (unpaired) electrons. The molecule has 2 aromatic rings. The van der Waals surface area contributed by atoms with Crippen LogP contribution in [0.5, 0.6) is 5.75 Å². The Bertz CT molecular complexity index is 618. The quantitative estimate of drug-likeness (QED) is 0.782. The number of methoxy groups -OCH3 is 1. The van der Waals surface area contributed by atoms with E-state index in [1.807, 2.05) is 18.2 Å². The van der Waals surface area contributed by atoms with Crippen LogP contribution in [0, 0.1) is 11.3 Å². The van der Waals surface area contributed by atoms with Crippen molar-refractivity contribution in [3.05, 3.63) is 46.2 Å². The summed E-state index contributed by atoms with van der Waals surface area (Å²) in [6.07, 6.45) is 0. The maximum atomic E-state index is 9.11. The van der Waals surface area contributed by atoms with Crippen LogP contribution in [0.15, 0.2) is 30.3 Å². The summed E-state index contributed by atoms with van der Waals surface area (Å²) in [7, 11) is 1.59. The highest BCUT2D eigenvalue weighted by molar-refractivity contribution is 6.33. The lowest BCUT2D eigenvalue weighted by Crippen LogP contribution is -1.90. The molecule has 1 heterocycles. The van der Waals surface area contributed by atoms with Gasteiger partial charge in [0.1, 0.15) is 22.1 Å². The molecule has 3 nitrogen and oxygen atoms in total. The van der Waals surface area contributed by atoms with Crippen molar-refractivity contribution >= 4 is 23.2 Å². The first-order valence-corrected chi connectivity index (χ1v) is 5.82. The monoisotopic (exact) mass is 278 g/mol. The Morgan fingerprint density at radius 3 is 2.44 bits per heavy atom. The average molecular weight is 279 g/mol. The number of aromatic nitrogens is 1. The van der Waals surface area contributed by atoms with E-state index in [4.69, 9.17) is 33.2 Å². The second-order valence-corrected chi connectivity index (χ2v) is 4.24. The first kappa shape index (κ1) is 12.7. The third-order valence-electron chi connectivity index (χ3n) is 2.46. The fourth-order valence-electron chi connectivity index (χ4n) is 1.59. The van der Waals surface area contributed by atoms with Gasteiger partial charge in [0.15, 0.2) is 0 Å². The number of nitrogens with zero attached hydrogens (tertiary/aromatic N) is 2. The van der Waals surface area contributed by atoms with Gasteiger partial charge in [0.2, 0.25) is 0 Å². The third kappa shape index (κ3) is 2.40. The molecule has 1 aromatic heterocycles. The van der Waals surface area contributed by atoms with Gasteiger partial charge in [0.05, 0.1) is 12.7 Å². The molecule has 18 heavy (non-hydrogen) atoms. The van der Waals surface area contributed by atoms with Gasteiger partial charge in [-0.2, -0.15) is 5.26 Å². The smallest absolute Gasteiger partial charge is 0.149 e. The fraction of sp³-hybridized carbons (Fsp3) is 0.0769. The van der Waals surface area contributed by atoms with Crippen molar-refractivity contribution in [2.45, 2.75) is 0 Å². The van der Waals surface area contributed by atoms with Crippen molar-refractivity contribution in [2.24, 2.45) is 0 Å². The largest absolute Gasteiger partial charge is 0.497 e. The van der Waals surface area contributed by atoms with Crippen molar-refractivity contribution in [1.29, 1.82) is 5.26 Å². The number of hydrogen-bond donors (Lipinski definition) is 0. The zero-order valence-corrected chi connectivity index (χ0v) is 11.0. The molecule has 0 N–H and O–H groups in total. The summed E-state index contributed by atoms with van der Waals surface area (Å²) in [6, 6.07) is 10.9. The normalized spacial score (nSPS) is 9.89. The fourth-order valence-corrected chi connectivity index (χ4v) is 2.06. The van der Waals surface area contributed by atoms with E-state index in [1.165, 1.54) is 0 Å². The molecule has 0 atom stereocenters. The SMILES string of the molecule is COc1ccc(-c2cc(Cl)nc(Cl)c2C#N)cc1. The lowest BCUT2D eigenvalue weighted by molar-refractivity contribution is 0.415. The van der Waals surface area contributed by atoms with E-state index >= 15 is 0 Å². The Hall–Kier alpha value is -1.76. The summed E-state index contributed by atoms with van der Waals surface area (Å²) < 4.78 is 5.08. The topological polar surface area (TPSA) is 45.9 Å². The van der Waals surface area contributed by atoms with Crippen LogP contribution in [-0.4, -0.2) is 12.1 Å². The molecule has 0 bridgehead atoms. The van der Waals surface area contributed by atoms with Crippen LogP contribution < -0.4 is 4.74 Å². The molecule has 1 aromatic carbocycles. The number of hydrogen-bond acceptors (Lipinski definition) is 3. The van der Waals surface area contributed by atoms with Crippen LogP contribution in [-0.2, 0) is 0 Å². The molecule has 5 heteroatoms. The molecule has 0 aliphatic carbocycles. The minimum atomic E-state index is 0.107. The number of pyridine rings is 1. The van der Waals surface area contributed by atoms with Gasteiger partial charge in [-0.1, -0.05) is 35.3 Å². The number of rotatable bonds is 2. The van der Waals surface area contributed by atoms with Gasteiger partial charge in [0.25, 0.3) is 0 Å². The van der Waals surface area contributed by atoms with E-state index < -0.39 is 0 Å². The molecule has 0 saturated heterocycles. The predicted octanol–water partition coefficient (Wildman–Crippen LogP) is 3.94. The van der Waals surface area contributed by atoms with Gasteiger partial charge in [-0.3, -0.25) is 0 Å². The molecule has 0 unspecified atom stereocenters. The van der Waals surface area contributed by atoms with Crippen LogP contribution >= 0.6 is 23.2 Å². The molecule has 0 aliphatic rings. The molecule has 0 spiro atoms. The highest BCUT2D eigenvalue weighted by atomic mass is 35.5. The Morgan fingerprint density at radius 2 is 1.89 bits per heavy atom. The predicted molar refractivity (Wildman–Crippen MR) is 71.0 cm³/mol. The Labute approximate surface area is 115 Å². The Kier molecular flexibility index (Phi) is 3.71. The first-order chi connectivity index (χ1) is 8.65. The average Bonchev–Trinajstić information content (AvgIpc) is 2.38. The van der Waals surface area contributed by atoms with Crippen molar-refractivity contribution in [3.63, 3.8) is 0 Å². The zero-order valence-electron chi connectivity index (χ0n) is 9.45. The van der Waals surface area contributed by atoms with Gasteiger partial charge in [-0.15, -0.1) is 0 Å². The Balaban J connectivity index is 2.59. The van der Waals surface area contributed by atoms with Gasteiger partial charge < -0.3 is 4.74 Å². The lowest BCUT2D eigenvalue weighted by Gasteiger charge is -2.07. The summed E-state index contributed by atoms with van der Waals surface area (Å²) in [5.74, 6) is 0.739. The highest BCUT2D eigenvalue weighted by Crippen LogP contribution is 2.30. The molecule has 0 amide bonds. The summed E-state index contributed by atoms with van der Waals surface area (Å²) in [5, 5.41) is 9.47. The van der Waals surface area contributed by atoms with E-state index in [-0.39, 0.29) is 10.3 Å². The maximum Gasteiger partial charge on any atom is 0.149 e. The van der Waals surface area contributed by atoms with E-state index in [0.29, 0.717) is 11.1 Å². The molecular formula is C13H8Cl2N2O. The minimum absolute atomic E-state index is 0.107. The van der Waals surface area contributed by atoms with Crippen molar-refractivity contribution in [2.75, 3.05) is 7.11 Å². The van der Waals surface area contributed by atoms with Crippen molar-refractivity contribution in [1.82, 2.24) is 4.98 Å². The first-order valence-electron chi connectivity index (χ1n) is 5.06. The van der Waals surface area contributed by atoms with Crippen LogP contribution in [0.2, 0.25) is 10.3 Å². The number of halogens is 2. The highest BCUT2D eigenvalue weighted by Gasteiger charge is 2.12. The summed E-state index contributed by atoms with van der Waals surface area (Å²) in [6.45, 7) is 0. The van der Waals surface area contributed by atoms with Gasteiger partial charge in [0, 0.05) is 5.56 Å². The standard InChI is InChI=1S/C13H8Cl2N2O/c1-18-9-4-2-8(3-5-9)10-6-12(14)17-13(15)11(10)7-16/h2-6H,1H3.